The van der Waals surface area contributed by atoms with Crippen molar-refractivity contribution in [3.8, 4) is 0 Å². The van der Waals surface area contributed by atoms with Crippen LogP contribution in [0, 0.1) is 10.1 Å². The Morgan fingerprint density at radius 1 is 1.16 bits per heavy atom. The molecular weight excluding hydrogens is 320 g/mol. The first-order valence-corrected chi connectivity index (χ1v) is 9.19. The summed E-state index contributed by atoms with van der Waals surface area (Å²) in [6, 6.07) is 5.84. The van der Waals surface area contributed by atoms with Crippen LogP contribution in [0.15, 0.2) is 24.3 Å². The standard InChI is InChI=1S/C19H30N2O4/c1-3-4-5-6-7-8-9-16(2)20-14-15-25-19(22)17-10-12-18(13-11-17)21(23)24/h10-13,16,20H,3-9,14-15H2,1-2H3/t16-/m1/s1. The van der Waals surface area contributed by atoms with Gasteiger partial charge in [0.15, 0.2) is 0 Å². The highest BCUT2D eigenvalue weighted by Gasteiger charge is 2.10. The number of nitro groups is 1. The molecule has 0 saturated carbocycles. The zero-order chi connectivity index (χ0) is 18.5. The van der Waals surface area contributed by atoms with Crippen LogP contribution in [0.25, 0.3) is 0 Å². The molecule has 0 aliphatic rings. The predicted molar refractivity (Wildman–Crippen MR) is 98.8 cm³/mol. The molecule has 1 rings (SSSR count). The van der Waals surface area contributed by atoms with Crippen molar-refractivity contribution in [1.82, 2.24) is 5.32 Å². The summed E-state index contributed by atoms with van der Waals surface area (Å²) in [7, 11) is 0. The number of non-ortho nitro benzene ring substituents is 1. The van der Waals surface area contributed by atoms with Crippen molar-refractivity contribution >= 4 is 11.7 Å². The summed E-state index contributed by atoms with van der Waals surface area (Å²) in [4.78, 5) is 21.9. The van der Waals surface area contributed by atoms with Crippen LogP contribution in [0.5, 0.6) is 0 Å². The lowest BCUT2D eigenvalue weighted by molar-refractivity contribution is -0.384. The van der Waals surface area contributed by atoms with Crippen LogP contribution >= 0.6 is 0 Å². The summed E-state index contributed by atoms with van der Waals surface area (Å²) in [5.41, 5.74) is 0.285. The molecule has 0 aliphatic heterocycles. The zero-order valence-electron chi connectivity index (χ0n) is 15.3. The summed E-state index contributed by atoms with van der Waals surface area (Å²) in [6.07, 6.45) is 8.87. The zero-order valence-corrected chi connectivity index (χ0v) is 15.3. The van der Waals surface area contributed by atoms with Gasteiger partial charge in [0, 0.05) is 24.7 Å². The van der Waals surface area contributed by atoms with E-state index < -0.39 is 10.9 Å². The van der Waals surface area contributed by atoms with Crippen molar-refractivity contribution in [3.05, 3.63) is 39.9 Å². The van der Waals surface area contributed by atoms with E-state index in [1.807, 2.05) is 0 Å². The summed E-state index contributed by atoms with van der Waals surface area (Å²) >= 11 is 0. The number of nitro benzene ring substituents is 1. The first-order chi connectivity index (χ1) is 12.0. The molecule has 0 bridgehead atoms. The molecule has 6 nitrogen and oxygen atoms in total. The van der Waals surface area contributed by atoms with E-state index in [0.29, 0.717) is 18.2 Å². The number of hydrogen-bond donors (Lipinski definition) is 1. The van der Waals surface area contributed by atoms with Crippen molar-refractivity contribution in [2.24, 2.45) is 0 Å². The lowest BCUT2D eigenvalue weighted by Gasteiger charge is -2.13. The van der Waals surface area contributed by atoms with E-state index in [0.717, 1.165) is 6.42 Å². The molecule has 0 unspecified atom stereocenters. The van der Waals surface area contributed by atoms with Gasteiger partial charge >= 0.3 is 5.97 Å². The van der Waals surface area contributed by atoms with Gasteiger partial charge in [0.1, 0.15) is 6.61 Å². The first kappa shape index (κ1) is 21.1. The number of unbranched alkanes of at least 4 members (excludes halogenated alkanes) is 5. The fourth-order valence-corrected chi connectivity index (χ4v) is 2.58. The van der Waals surface area contributed by atoms with E-state index in [1.165, 1.54) is 62.8 Å². The third-order valence-electron chi connectivity index (χ3n) is 4.13. The number of benzene rings is 1. The fraction of sp³-hybridized carbons (Fsp3) is 0.632. The molecule has 6 heteroatoms. The van der Waals surface area contributed by atoms with Crippen molar-refractivity contribution in [2.45, 2.75) is 64.8 Å². The summed E-state index contributed by atoms with van der Waals surface area (Å²) < 4.78 is 5.18. The lowest BCUT2D eigenvalue weighted by Crippen LogP contribution is -2.30. The normalized spacial score (nSPS) is 11.9. The van der Waals surface area contributed by atoms with Gasteiger partial charge in [0.2, 0.25) is 0 Å². The lowest BCUT2D eigenvalue weighted by atomic mass is 10.1. The number of ether oxygens (including phenoxy) is 1. The van der Waals surface area contributed by atoms with Crippen molar-refractivity contribution in [1.29, 1.82) is 0 Å². The van der Waals surface area contributed by atoms with Crippen molar-refractivity contribution in [2.75, 3.05) is 13.2 Å². The van der Waals surface area contributed by atoms with E-state index >= 15 is 0 Å². The minimum Gasteiger partial charge on any atom is -0.461 e. The van der Waals surface area contributed by atoms with Gasteiger partial charge in [0.05, 0.1) is 10.5 Å². The highest BCUT2D eigenvalue weighted by Crippen LogP contribution is 2.12. The minimum atomic E-state index is -0.496. The van der Waals surface area contributed by atoms with E-state index in [9.17, 15) is 14.9 Å². The maximum atomic E-state index is 11.8. The average molecular weight is 350 g/mol. The number of nitrogens with zero attached hydrogens (tertiary/aromatic N) is 1. The SMILES string of the molecule is CCCCCCCC[C@@H](C)NCCOC(=O)c1ccc([N+](=O)[O-])cc1. The average Bonchev–Trinajstić information content (AvgIpc) is 2.61. The third kappa shape index (κ3) is 9.19. The summed E-state index contributed by atoms with van der Waals surface area (Å²) in [5.74, 6) is -0.458. The van der Waals surface area contributed by atoms with Crippen LogP contribution < -0.4 is 5.32 Å². The monoisotopic (exact) mass is 350 g/mol. The Kier molecular flexibility index (Phi) is 10.5. The van der Waals surface area contributed by atoms with E-state index in [-0.39, 0.29) is 12.3 Å². The van der Waals surface area contributed by atoms with Crippen LogP contribution in [0.2, 0.25) is 0 Å². The van der Waals surface area contributed by atoms with Gasteiger partial charge in [-0.1, -0.05) is 45.4 Å². The molecule has 140 valence electrons. The quantitative estimate of drug-likeness (QED) is 0.245. The molecule has 0 heterocycles. The second-order valence-electron chi connectivity index (χ2n) is 6.35. The van der Waals surface area contributed by atoms with Gasteiger partial charge < -0.3 is 10.1 Å². The maximum absolute atomic E-state index is 11.8. The number of esters is 1. The van der Waals surface area contributed by atoms with E-state index in [1.54, 1.807) is 0 Å². The Labute approximate surface area is 150 Å². The molecule has 0 amide bonds. The number of hydrogen-bond acceptors (Lipinski definition) is 5. The Morgan fingerprint density at radius 2 is 1.80 bits per heavy atom. The Balaban J connectivity index is 2.11. The molecule has 1 aromatic carbocycles. The topological polar surface area (TPSA) is 81.5 Å². The van der Waals surface area contributed by atoms with Crippen LogP contribution in [-0.2, 0) is 4.74 Å². The van der Waals surface area contributed by atoms with Crippen LogP contribution in [-0.4, -0.2) is 30.1 Å². The number of nitrogens with one attached hydrogen (secondary N) is 1. The van der Waals surface area contributed by atoms with Gasteiger partial charge in [-0.15, -0.1) is 0 Å². The molecular formula is C19H30N2O4. The molecule has 0 saturated heterocycles. The molecule has 25 heavy (non-hydrogen) atoms. The minimum absolute atomic E-state index is 0.0401. The summed E-state index contributed by atoms with van der Waals surface area (Å²) in [5, 5.41) is 13.9. The predicted octanol–water partition coefficient (Wildman–Crippen LogP) is 4.48. The van der Waals surface area contributed by atoms with Gasteiger partial charge in [0.25, 0.3) is 5.69 Å². The molecule has 1 aromatic rings. The van der Waals surface area contributed by atoms with Gasteiger partial charge in [-0.05, 0) is 25.5 Å². The Hall–Kier alpha value is -1.95. The number of carbonyl (C=O) groups is 1. The Bertz CT molecular complexity index is 517. The van der Waals surface area contributed by atoms with Crippen molar-refractivity contribution < 1.29 is 14.5 Å². The molecule has 0 fully saturated rings. The third-order valence-corrected chi connectivity index (χ3v) is 4.13. The van der Waals surface area contributed by atoms with E-state index in [4.69, 9.17) is 4.74 Å². The fourth-order valence-electron chi connectivity index (χ4n) is 2.58. The largest absolute Gasteiger partial charge is 0.461 e. The molecule has 1 N–H and O–H groups in total. The highest BCUT2D eigenvalue weighted by atomic mass is 16.6. The molecule has 0 aliphatic carbocycles. The molecule has 1 atom stereocenters. The molecule has 0 aromatic heterocycles. The van der Waals surface area contributed by atoms with Crippen LogP contribution in [0.3, 0.4) is 0 Å². The molecule has 0 radical (unpaired) electrons. The van der Waals surface area contributed by atoms with Crippen molar-refractivity contribution in [3.63, 3.8) is 0 Å². The second-order valence-corrected chi connectivity index (χ2v) is 6.35. The highest BCUT2D eigenvalue weighted by molar-refractivity contribution is 5.89. The maximum Gasteiger partial charge on any atom is 0.338 e. The van der Waals surface area contributed by atoms with Gasteiger partial charge in [-0.2, -0.15) is 0 Å². The van der Waals surface area contributed by atoms with Gasteiger partial charge in [-0.25, -0.2) is 4.79 Å². The van der Waals surface area contributed by atoms with E-state index in [2.05, 4.69) is 19.2 Å². The second kappa shape index (κ2) is 12.4. The summed E-state index contributed by atoms with van der Waals surface area (Å²) in [6.45, 7) is 5.26. The smallest absolute Gasteiger partial charge is 0.338 e. The first-order valence-electron chi connectivity index (χ1n) is 9.19. The number of carbonyl (C=O) groups excluding carboxylic acids is 1. The molecule has 0 spiro atoms. The van der Waals surface area contributed by atoms with Crippen LogP contribution in [0.4, 0.5) is 5.69 Å². The Morgan fingerprint density at radius 3 is 2.44 bits per heavy atom. The number of rotatable bonds is 13. The van der Waals surface area contributed by atoms with Crippen LogP contribution in [0.1, 0.15) is 69.2 Å². The van der Waals surface area contributed by atoms with Gasteiger partial charge in [-0.3, -0.25) is 10.1 Å².